The first-order valence-corrected chi connectivity index (χ1v) is 5.93. The number of ether oxygens (including phenoxy) is 1. The molecule has 140 valence electrons. The van der Waals surface area contributed by atoms with Crippen molar-refractivity contribution >= 4 is 10.1 Å². The van der Waals surface area contributed by atoms with Gasteiger partial charge in [-0.15, -0.1) is 0 Å². The Morgan fingerprint density at radius 2 is 1.13 bits per heavy atom. The third-order valence-electron chi connectivity index (χ3n) is 1.97. The van der Waals surface area contributed by atoms with Crippen molar-refractivity contribution in [2.24, 2.45) is 0 Å². The highest BCUT2D eigenvalue weighted by Crippen LogP contribution is 2.55. The monoisotopic (exact) mass is 398 g/mol. The lowest BCUT2D eigenvalue weighted by molar-refractivity contribution is -0.480. The van der Waals surface area contributed by atoms with Gasteiger partial charge in [-0.05, 0) is 0 Å². The smallest absolute Gasteiger partial charge is 0.281 e. The lowest BCUT2D eigenvalue weighted by Gasteiger charge is -2.35. The van der Waals surface area contributed by atoms with Crippen LogP contribution in [0, 0.1) is 0 Å². The molecular formula is C6H2F12O4S. The molecule has 0 radical (unpaired) electrons. The van der Waals surface area contributed by atoms with Crippen LogP contribution in [0.2, 0.25) is 0 Å². The van der Waals surface area contributed by atoms with Crippen LogP contribution in [0.1, 0.15) is 0 Å². The topological polar surface area (TPSA) is 63.6 Å². The van der Waals surface area contributed by atoms with Crippen molar-refractivity contribution < 1.29 is 70.4 Å². The molecular weight excluding hydrogens is 396 g/mol. The first-order chi connectivity index (χ1) is 9.65. The van der Waals surface area contributed by atoms with Crippen molar-refractivity contribution in [1.29, 1.82) is 0 Å². The number of hydrogen-bond acceptors (Lipinski definition) is 3. The summed E-state index contributed by atoms with van der Waals surface area (Å²) in [5.41, 5.74) is 0. The van der Waals surface area contributed by atoms with Crippen LogP contribution in [0.25, 0.3) is 0 Å². The van der Waals surface area contributed by atoms with E-state index in [9.17, 15) is 61.1 Å². The van der Waals surface area contributed by atoms with Gasteiger partial charge >= 0.3 is 45.9 Å². The Morgan fingerprint density at radius 3 is 1.39 bits per heavy atom. The average Bonchev–Trinajstić information content (AvgIpc) is 2.24. The van der Waals surface area contributed by atoms with Crippen LogP contribution < -0.4 is 0 Å². The molecule has 4 nitrogen and oxygen atoms in total. The van der Waals surface area contributed by atoms with Gasteiger partial charge in [0.25, 0.3) is 0 Å². The van der Waals surface area contributed by atoms with Crippen LogP contribution in [0.5, 0.6) is 0 Å². The second kappa shape index (κ2) is 5.54. The summed E-state index contributed by atoms with van der Waals surface area (Å²) in [5.74, 6) is -15.5. The van der Waals surface area contributed by atoms with Gasteiger partial charge in [-0.2, -0.15) is 52.3 Å². The fourth-order valence-corrected chi connectivity index (χ4v) is 1.26. The van der Waals surface area contributed by atoms with Crippen molar-refractivity contribution in [1.82, 2.24) is 0 Å². The molecule has 0 unspecified atom stereocenters. The molecule has 0 heterocycles. The van der Waals surface area contributed by atoms with Gasteiger partial charge in [0.15, 0.2) is 0 Å². The lowest BCUT2D eigenvalue weighted by atomic mass is 10.1. The molecule has 0 bridgehead atoms. The minimum Gasteiger partial charge on any atom is -0.281 e. The molecule has 17 heteroatoms. The molecule has 1 N–H and O–H groups in total. The van der Waals surface area contributed by atoms with E-state index in [1.54, 1.807) is 0 Å². The van der Waals surface area contributed by atoms with E-state index in [1.165, 1.54) is 4.74 Å². The molecule has 0 aromatic heterocycles. The van der Waals surface area contributed by atoms with Crippen molar-refractivity contribution in [3.8, 4) is 0 Å². The predicted octanol–water partition coefficient (Wildman–Crippen LogP) is 3.20. The Morgan fingerprint density at radius 1 is 0.783 bits per heavy atom. The summed E-state index contributed by atoms with van der Waals surface area (Å²) in [4.78, 5) is 0. The van der Waals surface area contributed by atoms with Crippen LogP contribution in [-0.2, 0) is 14.9 Å². The highest BCUT2D eigenvalue weighted by atomic mass is 32.2. The lowest BCUT2D eigenvalue weighted by Crippen LogP contribution is -2.66. The van der Waals surface area contributed by atoms with E-state index in [-0.39, 0.29) is 0 Å². The summed E-state index contributed by atoms with van der Waals surface area (Å²) in [6, 6.07) is 0. The molecule has 0 aliphatic rings. The third kappa shape index (κ3) is 3.44. The SMILES string of the molecule is O=S(=O)(O)C(F)(F)C(F)(F)C(F)(F)C(F)(F)OC(F)(F)C(F)F. The zero-order valence-corrected chi connectivity index (χ0v) is 10.5. The molecule has 0 aromatic rings. The van der Waals surface area contributed by atoms with Crippen LogP contribution in [0.3, 0.4) is 0 Å². The Labute approximate surface area is 117 Å². The zero-order valence-electron chi connectivity index (χ0n) is 9.69. The number of rotatable bonds is 7. The Hall–Kier alpha value is -0.970. The summed E-state index contributed by atoms with van der Waals surface area (Å²) < 4.78 is 177. The second-order valence-electron chi connectivity index (χ2n) is 3.62. The molecule has 23 heavy (non-hydrogen) atoms. The van der Waals surface area contributed by atoms with E-state index in [0.717, 1.165) is 0 Å². The summed E-state index contributed by atoms with van der Waals surface area (Å²) in [5, 5.41) is -7.31. The van der Waals surface area contributed by atoms with Crippen LogP contribution >= 0.6 is 0 Å². The standard InChI is InChI=1S/C6H2F12O4S/c7-1(8)2(9,10)22-5(15,16)3(11,12)4(13,14)6(17,18)23(19,20)21/h1H,(H,19,20,21). The first kappa shape index (κ1) is 22.0. The summed E-state index contributed by atoms with van der Waals surface area (Å²) >= 11 is 0. The molecule has 0 rings (SSSR count). The fraction of sp³-hybridized carbons (Fsp3) is 1.00. The van der Waals surface area contributed by atoms with E-state index >= 15 is 0 Å². The molecule has 0 spiro atoms. The van der Waals surface area contributed by atoms with Crippen LogP contribution in [-0.4, -0.2) is 48.7 Å². The summed E-state index contributed by atoms with van der Waals surface area (Å²) in [6.07, 6.45) is -19.2. The average molecular weight is 398 g/mol. The molecule has 0 aliphatic heterocycles. The van der Waals surface area contributed by atoms with E-state index in [2.05, 4.69) is 0 Å². The van der Waals surface area contributed by atoms with Gasteiger partial charge in [-0.25, -0.2) is 13.5 Å². The third-order valence-corrected chi connectivity index (χ3v) is 2.87. The molecule has 0 aliphatic carbocycles. The van der Waals surface area contributed by atoms with Gasteiger partial charge in [0.05, 0.1) is 0 Å². The van der Waals surface area contributed by atoms with E-state index in [1.807, 2.05) is 0 Å². The maximum Gasteiger partial charge on any atom is 0.438 e. The van der Waals surface area contributed by atoms with Crippen molar-refractivity contribution in [2.45, 2.75) is 35.7 Å². The first-order valence-electron chi connectivity index (χ1n) is 4.49. The van der Waals surface area contributed by atoms with Gasteiger partial charge in [0, 0.05) is 0 Å². The maximum absolute atomic E-state index is 12.7. The van der Waals surface area contributed by atoms with Gasteiger partial charge in [0.1, 0.15) is 0 Å². The quantitative estimate of drug-likeness (QED) is 0.529. The molecule has 0 fully saturated rings. The van der Waals surface area contributed by atoms with Gasteiger partial charge < -0.3 is 0 Å². The summed E-state index contributed by atoms with van der Waals surface area (Å²) in [6.45, 7) is 0. The van der Waals surface area contributed by atoms with Gasteiger partial charge in [-0.3, -0.25) is 4.55 Å². The maximum atomic E-state index is 12.7. The fourth-order valence-electron chi connectivity index (χ4n) is 0.807. The largest absolute Gasteiger partial charge is 0.438 e. The molecule has 0 amide bonds. The normalized spacial score (nSPS) is 16.1. The number of alkyl halides is 12. The highest BCUT2D eigenvalue weighted by Gasteiger charge is 2.86. The van der Waals surface area contributed by atoms with Crippen LogP contribution in [0.4, 0.5) is 52.7 Å². The molecule has 0 saturated carbocycles. The molecule has 0 atom stereocenters. The summed E-state index contributed by atoms with van der Waals surface area (Å²) in [7, 11) is -7.45. The van der Waals surface area contributed by atoms with Crippen molar-refractivity contribution in [2.75, 3.05) is 0 Å². The van der Waals surface area contributed by atoms with Crippen molar-refractivity contribution in [3.05, 3.63) is 0 Å². The molecule has 0 saturated heterocycles. The second-order valence-corrected chi connectivity index (χ2v) is 5.08. The van der Waals surface area contributed by atoms with E-state index < -0.39 is 45.9 Å². The Balaban J connectivity index is 6.05. The van der Waals surface area contributed by atoms with Crippen molar-refractivity contribution in [3.63, 3.8) is 0 Å². The number of halogens is 12. The zero-order chi connectivity index (χ0) is 19.3. The molecule has 0 aromatic carbocycles. The predicted molar refractivity (Wildman–Crippen MR) is 43.4 cm³/mol. The van der Waals surface area contributed by atoms with E-state index in [0.29, 0.717) is 0 Å². The van der Waals surface area contributed by atoms with Gasteiger partial charge in [-0.1, -0.05) is 0 Å². The minimum atomic E-state index is -7.77. The Kier molecular flexibility index (Phi) is 5.31. The van der Waals surface area contributed by atoms with Crippen LogP contribution in [0.15, 0.2) is 0 Å². The Bertz CT molecular complexity index is 540. The highest BCUT2D eigenvalue weighted by molar-refractivity contribution is 7.87. The van der Waals surface area contributed by atoms with E-state index in [4.69, 9.17) is 4.55 Å². The van der Waals surface area contributed by atoms with Gasteiger partial charge in [0.2, 0.25) is 0 Å². The minimum absolute atomic E-state index is 1.49. The number of hydrogen-bond donors (Lipinski definition) is 1.